The standard InChI is InChI=1S/C11H13N3OS/c1-7-4-3-5-9(8(7)2)15-6-10-12-11(16)14-13-10/h3-5H,6H2,1-2H3,(H2,12,13,14,16). The van der Waals surface area contributed by atoms with E-state index in [1.807, 2.05) is 19.1 Å². The van der Waals surface area contributed by atoms with E-state index >= 15 is 0 Å². The summed E-state index contributed by atoms with van der Waals surface area (Å²) >= 11 is 4.86. The molecule has 0 saturated heterocycles. The molecule has 1 aromatic heterocycles. The van der Waals surface area contributed by atoms with Crippen molar-refractivity contribution < 1.29 is 4.74 Å². The van der Waals surface area contributed by atoms with Gasteiger partial charge in [0, 0.05) is 0 Å². The van der Waals surface area contributed by atoms with Crippen LogP contribution < -0.4 is 4.74 Å². The van der Waals surface area contributed by atoms with Crippen molar-refractivity contribution in [2.45, 2.75) is 20.5 Å². The van der Waals surface area contributed by atoms with Crippen LogP contribution in [0.2, 0.25) is 0 Å². The molecule has 2 rings (SSSR count). The van der Waals surface area contributed by atoms with Gasteiger partial charge >= 0.3 is 0 Å². The fourth-order valence-electron chi connectivity index (χ4n) is 1.40. The minimum atomic E-state index is 0.386. The summed E-state index contributed by atoms with van der Waals surface area (Å²) in [5.41, 5.74) is 2.36. The Bertz CT molecular complexity index is 544. The van der Waals surface area contributed by atoms with Crippen LogP contribution in [0.25, 0.3) is 0 Å². The molecule has 0 aliphatic carbocycles. The highest BCUT2D eigenvalue weighted by Crippen LogP contribution is 2.21. The van der Waals surface area contributed by atoms with E-state index in [0.717, 1.165) is 11.3 Å². The number of H-pyrrole nitrogens is 2. The number of ether oxygens (including phenoxy) is 1. The first-order valence-electron chi connectivity index (χ1n) is 4.99. The Morgan fingerprint density at radius 1 is 1.31 bits per heavy atom. The summed E-state index contributed by atoms with van der Waals surface area (Å²) in [6.07, 6.45) is 0. The molecule has 1 heterocycles. The Kier molecular flexibility index (Phi) is 3.05. The normalized spacial score (nSPS) is 10.4. The lowest BCUT2D eigenvalue weighted by atomic mass is 10.1. The number of rotatable bonds is 3. The van der Waals surface area contributed by atoms with Crippen LogP contribution >= 0.6 is 12.2 Å². The second kappa shape index (κ2) is 4.49. The van der Waals surface area contributed by atoms with Crippen LogP contribution in [-0.4, -0.2) is 15.2 Å². The predicted octanol–water partition coefficient (Wildman–Crippen LogP) is 2.66. The molecule has 16 heavy (non-hydrogen) atoms. The first kappa shape index (κ1) is 10.9. The molecule has 5 heteroatoms. The molecule has 0 aliphatic heterocycles. The lowest BCUT2D eigenvalue weighted by Gasteiger charge is -2.09. The van der Waals surface area contributed by atoms with Gasteiger partial charge in [0.2, 0.25) is 4.77 Å². The third-order valence-corrected chi connectivity index (χ3v) is 2.66. The van der Waals surface area contributed by atoms with Gasteiger partial charge in [0.15, 0.2) is 5.82 Å². The quantitative estimate of drug-likeness (QED) is 0.804. The van der Waals surface area contributed by atoms with Crippen molar-refractivity contribution in [1.82, 2.24) is 15.2 Å². The van der Waals surface area contributed by atoms with Crippen molar-refractivity contribution >= 4 is 12.2 Å². The van der Waals surface area contributed by atoms with Gasteiger partial charge in [0.1, 0.15) is 12.4 Å². The first-order valence-corrected chi connectivity index (χ1v) is 5.40. The zero-order valence-corrected chi connectivity index (χ0v) is 10.0. The third-order valence-electron chi connectivity index (χ3n) is 2.47. The zero-order valence-electron chi connectivity index (χ0n) is 9.20. The van der Waals surface area contributed by atoms with E-state index in [1.54, 1.807) is 0 Å². The monoisotopic (exact) mass is 235 g/mol. The van der Waals surface area contributed by atoms with Gasteiger partial charge in [-0.2, -0.15) is 0 Å². The summed E-state index contributed by atoms with van der Waals surface area (Å²) in [5.74, 6) is 1.58. The largest absolute Gasteiger partial charge is 0.485 e. The third kappa shape index (κ3) is 2.30. The van der Waals surface area contributed by atoms with Gasteiger partial charge in [0.05, 0.1) is 0 Å². The van der Waals surface area contributed by atoms with E-state index in [2.05, 4.69) is 28.2 Å². The van der Waals surface area contributed by atoms with Gasteiger partial charge in [0.25, 0.3) is 0 Å². The smallest absolute Gasteiger partial charge is 0.213 e. The fraction of sp³-hybridized carbons (Fsp3) is 0.273. The van der Waals surface area contributed by atoms with E-state index in [1.165, 1.54) is 5.56 Å². The Morgan fingerprint density at radius 3 is 2.81 bits per heavy atom. The molecular formula is C11H13N3OS. The molecule has 0 atom stereocenters. The number of aryl methyl sites for hydroxylation is 1. The molecule has 0 unspecified atom stereocenters. The number of nitrogens with one attached hydrogen (secondary N) is 2. The summed E-state index contributed by atoms with van der Waals surface area (Å²) in [6, 6.07) is 5.98. The molecular weight excluding hydrogens is 222 g/mol. The molecule has 1 aromatic carbocycles. The van der Waals surface area contributed by atoms with Gasteiger partial charge < -0.3 is 4.74 Å². The van der Waals surface area contributed by atoms with E-state index < -0.39 is 0 Å². The molecule has 0 saturated carbocycles. The van der Waals surface area contributed by atoms with Crippen molar-refractivity contribution in [3.63, 3.8) is 0 Å². The lowest BCUT2D eigenvalue weighted by molar-refractivity contribution is 0.294. The van der Waals surface area contributed by atoms with E-state index in [4.69, 9.17) is 17.0 Å². The highest BCUT2D eigenvalue weighted by atomic mass is 32.1. The number of benzene rings is 1. The second-order valence-electron chi connectivity index (χ2n) is 3.60. The molecule has 2 N–H and O–H groups in total. The summed E-state index contributed by atoms with van der Waals surface area (Å²) in [5, 5.41) is 5.57. The number of hydrogen-bond donors (Lipinski definition) is 2. The highest BCUT2D eigenvalue weighted by Gasteiger charge is 2.03. The van der Waals surface area contributed by atoms with Crippen LogP contribution in [0.4, 0.5) is 0 Å². The Morgan fingerprint density at radius 2 is 2.12 bits per heavy atom. The van der Waals surface area contributed by atoms with Crippen molar-refractivity contribution in [2.75, 3.05) is 0 Å². The number of hydrogen-bond acceptors (Lipinski definition) is 3. The summed E-state index contributed by atoms with van der Waals surface area (Å²) in [6.45, 7) is 4.49. The lowest BCUT2D eigenvalue weighted by Crippen LogP contribution is -1.99. The van der Waals surface area contributed by atoms with E-state index in [0.29, 0.717) is 17.2 Å². The molecule has 0 radical (unpaired) electrons. The maximum atomic E-state index is 5.66. The predicted molar refractivity (Wildman–Crippen MR) is 64.0 cm³/mol. The van der Waals surface area contributed by atoms with Gasteiger partial charge in [-0.3, -0.25) is 10.2 Å². The van der Waals surface area contributed by atoms with Crippen LogP contribution in [0.5, 0.6) is 5.75 Å². The minimum Gasteiger partial charge on any atom is -0.485 e. The van der Waals surface area contributed by atoms with Gasteiger partial charge in [-0.1, -0.05) is 12.1 Å². The molecule has 2 aromatic rings. The Hall–Kier alpha value is -1.62. The van der Waals surface area contributed by atoms with E-state index in [9.17, 15) is 0 Å². The number of aromatic amines is 2. The molecule has 0 aliphatic rings. The van der Waals surface area contributed by atoms with Crippen LogP contribution in [-0.2, 0) is 6.61 Å². The second-order valence-corrected chi connectivity index (χ2v) is 3.99. The molecule has 0 fully saturated rings. The SMILES string of the molecule is Cc1cccc(OCc2nc(=S)[nH][nH]2)c1C. The number of aromatic nitrogens is 3. The summed E-state index contributed by atoms with van der Waals surface area (Å²) in [4.78, 5) is 4.06. The van der Waals surface area contributed by atoms with Crippen molar-refractivity contribution in [2.24, 2.45) is 0 Å². The Balaban J connectivity index is 2.10. The molecule has 0 bridgehead atoms. The maximum Gasteiger partial charge on any atom is 0.213 e. The molecule has 0 spiro atoms. The average molecular weight is 235 g/mol. The average Bonchev–Trinajstić information content (AvgIpc) is 2.67. The van der Waals surface area contributed by atoms with Crippen LogP contribution in [0, 0.1) is 18.6 Å². The van der Waals surface area contributed by atoms with E-state index in [-0.39, 0.29) is 0 Å². The van der Waals surface area contributed by atoms with Crippen LogP contribution in [0.15, 0.2) is 18.2 Å². The zero-order chi connectivity index (χ0) is 11.5. The molecule has 84 valence electrons. The van der Waals surface area contributed by atoms with Crippen LogP contribution in [0.3, 0.4) is 0 Å². The number of nitrogens with zero attached hydrogens (tertiary/aromatic N) is 1. The first-order chi connectivity index (χ1) is 7.66. The topological polar surface area (TPSA) is 53.7 Å². The van der Waals surface area contributed by atoms with Crippen LogP contribution in [0.1, 0.15) is 17.0 Å². The van der Waals surface area contributed by atoms with Crippen molar-refractivity contribution in [3.05, 3.63) is 39.9 Å². The highest BCUT2D eigenvalue weighted by molar-refractivity contribution is 7.71. The minimum absolute atomic E-state index is 0.386. The van der Waals surface area contributed by atoms with Crippen molar-refractivity contribution in [3.8, 4) is 5.75 Å². The molecule has 4 nitrogen and oxygen atoms in total. The summed E-state index contributed by atoms with van der Waals surface area (Å²) < 4.78 is 6.10. The summed E-state index contributed by atoms with van der Waals surface area (Å²) in [7, 11) is 0. The van der Waals surface area contributed by atoms with Gasteiger partial charge in [-0.15, -0.1) is 0 Å². The fourth-order valence-corrected chi connectivity index (χ4v) is 1.56. The maximum absolute atomic E-state index is 5.66. The van der Waals surface area contributed by atoms with Gasteiger partial charge in [-0.25, -0.2) is 4.98 Å². The van der Waals surface area contributed by atoms with Gasteiger partial charge in [-0.05, 0) is 43.3 Å². The Labute approximate surface area is 98.7 Å². The van der Waals surface area contributed by atoms with Crippen molar-refractivity contribution in [1.29, 1.82) is 0 Å². The molecule has 0 amide bonds.